The Morgan fingerprint density at radius 2 is 1.80 bits per heavy atom. The van der Waals surface area contributed by atoms with Gasteiger partial charge in [-0.05, 0) is 23.7 Å². The molecule has 1 aromatic rings. The van der Waals surface area contributed by atoms with E-state index >= 15 is 0 Å². The standard InChI is InChI=1S/C10H9ClO3S/c1-8(10(11)12)7-15(13,14)9-5-3-2-4-6-9/h2-6H,1,7H2. The van der Waals surface area contributed by atoms with Crippen LogP contribution in [0.5, 0.6) is 0 Å². The van der Waals surface area contributed by atoms with Crippen molar-refractivity contribution in [2.45, 2.75) is 4.90 Å². The normalized spacial score (nSPS) is 11.0. The molecule has 0 bridgehead atoms. The minimum atomic E-state index is -3.51. The zero-order chi connectivity index (χ0) is 11.5. The number of carbonyl (C=O) groups is 1. The van der Waals surface area contributed by atoms with Crippen LogP contribution in [0.15, 0.2) is 47.4 Å². The van der Waals surface area contributed by atoms with E-state index in [4.69, 9.17) is 11.6 Å². The Labute approximate surface area is 93.3 Å². The van der Waals surface area contributed by atoms with Gasteiger partial charge in [-0.25, -0.2) is 8.42 Å². The zero-order valence-electron chi connectivity index (χ0n) is 7.81. The predicted octanol–water partition coefficient (Wildman–Crippen LogP) is 1.78. The van der Waals surface area contributed by atoms with E-state index in [1.165, 1.54) is 12.1 Å². The molecule has 0 amide bonds. The zero-order valence-corrected chi connectivity index (χ0v) is 9.38. The van der Waals surface area contributed by atoms with Gasteiger partial charge in [0.25, 0.3) is 0 Å². The second kappa shape index (κ2) is 4.59. The van der Waals surface area contributed by atoms with Crippen LogP contribution in [0, 0.1) is 0 Å². The minimum Gasteiger partial charge on any atom is -0.276 e. The lowest BCUT2D eigenvalue weighted by Crippen LogP contribution is -2.11. The van der Waals surface area contributed by atoms with Crippen molar-refractivity contribution in [2.24, 2.45) is 0 Å². The van der Waals surface area contributed by atoms with E-state index in [0.717, 1.165) is 0 Å². The molecule has 0 radical (unpaired) electrons. The second-order valence-electron chi connectivity index (χ2n) is 2.95. The van der Waals surface area contributed by atoms with E-state index in [1.807, 2.05) is 0 Å². The van der Waals surface area contributed by atoms with Crippen LogP contribution in [-0.2, 0) is 14.6 Å². The number of hydrogen-bond donors (Lipinski definition) is 0. The molecular weight excluding hydrogens is 236 g/mol. The van der Waals surface area contributed by atoms with E-state index in [9.17, 15) is 13.2 Å². The van der Waals surface area contributed by atoms with Crippen molar-refractivity contribution in [3.05, 3.63) is 42.5 Å². The Morgan fingerprint density at radius 3 is 2.27 bits per heavy atom. The van der Waals surface area contributed by atoms with Crippen LogP contribution in [0.1, 0.15) is 0 Å². The highest BCUT2D eigenvalue weighted by molar-refractivity contribution is 7.91. The predicted molar refractivity (Wildman–Crippen MR) is 58.5 cm³/mol. The molecule has 15 heavy (non-hydrogen) atoms. The molecule has 0 spiro atoms. The van der Waals surface area contributed by atoms with E-state index in [0.29, 0.717) is 0 Å². The fraction of sp³-hybridized carbons (Fsp3) is 0.100. The quantitative estimate of drug-likeness (QED) is 0.599. The third-order valence-corrected chi connectivity index (χ3v) is 3.73. The van der Waals surface area contributed by atoms with Crippen LogP contribution in [0.2, 0.25) is 0 Å². The Morgan fingerprint density at radius 1 is 1.27 bits per heavy atom. The molecule has 0 unspecified atom stereocenters. The first-order valence-corrected chi connectivity index (χ1v) is 6.12. The number of hydrogen-bond acceptors (Lipinski definition) is 3. The van der Waals surface area contributed by atoms with Crippen molar-refractivity contribution in [2.75, 3.05) is 5.75 Å². The molecule has 5 heteroatoms. The lowest BCUT2D eigenvalue weighted by molar-refractivity contribution is -0.108. The summed E-state index contributed by atoms with van der Waals surface area (Å²) in [6, 6.07) is 7.85. The van der Waals surface area contributed by atoms with Crippen molar-refractivity contribution >= 4 is 26.7 Å². The Kier molecular flexibility index (Phi) is 3.66. The van der Waals surface area contributed by atoms with Gasteiger partial charge >= 0.3 is 0 Å². The fourth-order valence-corrected chi connectivity index (χ4v) is 2.47. The van der Waals surface area contributed by atoms with Crippen LogP contribution in [-0.4, -0.2) is 19.4 Å². The molecule has 3 nitrogen and oxygen atoms in total. The molecule has 0 saturated carbocycles. The SMILES string of the molecule is C=C(CS(=O)(=O)c1ccccc1)C(=O)Cl. The molecule has 0 N–H and O–H groups in total. The molecule has 0 heterocycles. The van der Waals surface area contributed by atoms with Crippen LogP contribution >= 0.6 is 11.6 Å². The monoisotopic (exact) mass is 244 g/mol. The van der Waals surface area contributed by atoms with Crippen LogP contribution in [0.4, 0.5) is 0 Å². The van der Waals surface area contributed by atoms with Crippen LogP contribution in [0.3, 0.4) is 0 Å². The lowest BCUT2D eigenvalue weighted by Gasteiger charge is -2.03. The average Bonchev–Trinajstić information content (AvgIpc) is 2.18. The van der Waals surface area contributed by atoms with Gasteiger partial charge in [0.1, 0.15) is 0 Å². The summed E-state index contributed by atoms with van der Waals surface area (Å²) >= 11 is 5.12. The van der Waals surface area contributed by atoms with Crippen molar-refractivity contribution in [1.82, 2.24) is 0 Å². The summed E-state index contributed by atoms with van der Waals surface area (Å²) in [5.41, 5.74) is -0.125. The van der Waals surface area contributed by atoms with E-state index < -0.39 is 20.8 Å². The van der Waals surface area contributed by atoms with Crippen molar-refractivity contribution in [1.29, 1.82) is 0 Å². The molecule has 0 aliphatic carbocycles. The van der Waals surface area contributed by atoms with Gasteiger partial charge in [-0.1, -0.05) is 24.8 Å². The van der Waals surface area contributed by atoms with Crippen molar-refractivity contribution in [3.63, 3.8) is 0 Å². The van der Waals surface area contributed by atoms with Gasteiger partial charge in [-0.15, -0.1) is 0 Å². The molecule has 0 fully saturated rings. The molecule has 0 aliphatic heterocycles. The Hall–Kier alpha value is -1.13. The number of halogens is 1. The maximum atomic E-state index is 11.7. The Balaban J connectivity index is 2.96. The third kappa shape index (κ3) is 3.18. The maximum Gasteiger partial charge on any atom is 0.248 e. The molecule has 1 rings (SSSR count). The van der Waals surface area contributed by atoms with Crippen molar-refractivity contribution in [3.8, 4) is 0 Å². The highest BCUT2D eigenvalue weighted by Gasteiger charge is 2.17. The molecule has 0 aliphatic rings. The molecular formula is C10H9ClO3S. The van der Waals surface area contributed by atoms with Gasteiger partial charge in [-0.2, -0.15) is 0 Å². The van der Waals surface area contributed by atoms with Gasteiger partial charge in [0, 0.05) is 5.57 Å². The van der Waals surface area contributed by atoms with E-state index in [-0.39, 0.29) is 10.5 Å². The summed E-state index contributed by atoms with van der Waals surface area (Å²) in [6.07, 6.45) is 0. The van der Waals surface area contributed by atoms with Gasteiger partial charge in [-0.3, -0.25) is 4.79 Å². The molecule has 0 aromatic heterocycles. The fourth-order valence-electron chi connectivity index (χ4n) is 0.997. The number of benzene rings is 1. The third-order valence-electron chi connectivity index (χ3n) is 1.74. The number of sulfone groups is 1. The van der Waals surface area contributed by atoms with Gasteiger partial charge in [0.05, 0.1) is 10.6 Å². The topological polar surface area (TPSA) is 51.2 Å². The summed E-state index contributed by atoms with van der Waals surface area (Å²) < 4.78 is 23.4. The summed E-state index contributed by atoms with van der Waals surface area (Å²) in [4.78, 5) is 10.8. The summed E-state index contributed by atoms with van der Waals surface area (Å²) in [5, 5.41) is -0.825. The largest absolute Gasteiger partial charge is 0.276 e. The van der Waals surface area contributed by atoms with Gasteiger partial charge < -0.3 is 0 Å². The first-order chi connectivity index (χ1) is 6.93. The molecule has 0 atom stereocenters. The highest BCUT2D eigenvalue weighted by Crippen LogP contribution is 2.13. The minimum absolute atomic E-state index is 0.125. The highest BCUT2D eigenvalue weighted by atomic mass is 35.5. The van der Waals surface area contributed by atoms with Gasteiger partial charge in [0.15, 0.2) is 9.84 Å². The average molecular weight is 245 g/mol. The van der Waals surface area contributed by atoms with E-state index in [1.54, 1.807) is 18.2 Å². The maximum absolute atomic E-state index is 11.7. The first kappa shape index (κ1) is 11.9. The number of rotatable bonds is 4. The summed E-state index contributed by atoms with van der Waals surface area (Å²) in [6.45, 7) is 3.30. The Bertz CT molecular complexity index is 477. The second-order valence-corrected chi connectivity index (χ2v) is 5.28. The summed E-state index contributed by atoms with van der Waals surface area (Å²) in [7, 11) is -3.51. The molecule has 80 valence electrons. The van der Waals surface area contributed by atoms with Crippen molar-refractivity contribution < 1.29 is 13.2 Å². The molecule has 1 aromatic carbocycles. The van der Waals surface area contributed by atoms with E-state index in [2.05, 4.69) is 6.58 Å². The molecule has 0 saturated heterocycles. The number of carbonyl (C=O) groups excluding carboxylic acids is 1. The first-order valence-electron chi connectivity index (χ1n) is 4.09. The van der Waals surface area contributed by atoms with Crippen LogP contribution < -0.4 is 0 Å². The summed E-state index contributed by atoms with van der Waals surface area (Å²) in [5.74, 6) is -0.445. The van der Waals surface area contributed by atoms with Crippen LogP contribution in [0.25, 0.3) is 0 Å². The van der Waals surface area contributed by atoms with Gasteiger partial charge in [0.2, 0.25) is 5.24 Å². The lowest BCUT2D eigenvalue weighted by atomic mass is 10.4. The smallest absolute Gasteiger partial charge is 0.248 e.